The van der Waals surface area contributed by atoms with Crippen LogP contribution in [0, 0.1) is 0 Å². The molecule has 0 aliphatic carbocycles. The van der Waals surface area contributed by atoms with Crippen molar-refractivity contribution in [2.75, 3.05) is 0 Å². The Morgan fingerprint density at radius 2 is 2.57 bits per heavy atom. The van der Waals surface area contributed by atoms with Gasteiger partial charge in [-0.1, -0.05) is 22.9 Å². The van der Waals surface area contributed by atoms with Crippen molar-refractivity contribution < 1.29 is 4.57 Å². The third kappa shape index (κ3) is 1.14. The number of hydrogen-bond acceptors (Lipinski definition) is 1. The van der Waals surface area contributed by atoms with Gasteiger partial charge in [-0.05, 0) is 0 Å². The summed E-state index contributed by atoms with van der Waals surface area (Å²) in [5.41, 5.74) is 1.95. The zero-order chi connectivity index (χ0) is 5.28. The summed E-state index contributed by atoms with van der Waals surface area (Å²) in [6.07, 6.45) is 1.87. The fourth-order valence-corrected chi connectivity index (χ4v) is 1.18. The highest BCUT2D eigenvalue weighted by atomic mass is 35.5. The second kappa shape index (κ2) is 1.80. The first-order valence-electron chi connectivity index (χ1n) is 1.88. The quantitative estimate of drug-likeness (QED) is 0.470. The van der Waals surface area contributed by atoms with Gasteiger partial charge in [0.15, 0.2) is 10.5 Å². The maximum Gasteiger partial charge on any atom is 0.225 e. The molecular formula is C4H5ClNS+. The number of nitrogens with zero attached hydrogens (tertiary/aromatic N) is 1. The van der Waals surface area contributed by atoms with Crippen LogP contribution in [0.3, 0.4) is 0 Å². The molecule has 0 amide bonds. The number of halogens is 1. The maximum atomic E-state index is 5.56. The fourth-order valence-electron chi connectivity index (χ4n) is 0.354. The molecule has 38 valence electrons. The van der Waals surface area contributed by atoms with Crippen LogP contribution < -0.4 is 4.57 Å². The van der Waals surface area contributed by atoms with E-state index in [1.165, 1.54) is 11.3 Å². The van der Waals surface area contributed by atoms with Gasteiger partial charge < -0.3 is 0 Å². The summed E-state index contributed by atoms with van der Waals surface area (Å²) in [5, 5.41) is 0. The molecule has 0 aromatic carbocycles. The van der Waals surface area contributed by atoms with Crippen LogP contribution in [0.2, 0.25) is 4.34 Å². The van der Waals surface area contributed by atoms with Crippen LogP contribution in [0.25, 0.3) is 0 Å². The zero-order valence-electron chi connectivity index (χ0n) is 3.89. The lowest BCUT2D eigenvalue weighted by molar-refractivity contribution is -0.666. The van der Waals surface area contributed by atoms with Crippen LogP contribution in [-0.2, 0) is 7.05 Å². The van der Waals surface area contributed by atoms with Gasteiger partial charge in [-0.25, -0.2) is 0 Å². The molecule has 3 heteroatoms. The molecule has 0 saturated carbocycles. The predicted molar refractivity (Wildman–Crippen MR) is 30.5 cm³/mol. The summed E-state index contributed by atoms with van der Waals surface area (Å²) in [4.78, 5) is 0. The molecule has 0 unspecified atom stereocenters. The Bertz CT molecular complexity index is 144. The highest BCUT2D eigenvalue weighted by molar-refractivity contribution is 7.13. The average Bonchev–Trinajstić information content (AvgIpc) is 1.87. The average molecular weight is 135 g/mol. The van der Waals surface area contributed by atoms with Crippen LogP contribution in [0.1, 0.15) is 0 Å². The molecule has 1 heterocycles. The minimum Gasteiger partial charge on any atom is -0.197 e. The van der Waals surface area contributed by atoms with E-state index in [1.54, 1.807) is 0 Å². The van der Waals surface area contributed by atoms with Gasteiger partial charge in [0.2, 0.25) is 5.51 Å². The Labute approximate surface area is 51.2 Å². The van der Waals surface area contributed by atoms with E-state index < -0.39 is 0 Å². The number of rotatable bonds is 0. The van der Waals surface area contributed by atoms with Gasteiger partial charge in [0.05, 0.1) is 0 Å². The van der Waals surface area contributed by atoms with Crippen molar-refractivity contribution in [3.63, 3.8) is 0 Å². The van der Waals surface area contributed by atoms with Crippen LogP contribution in [-0.4, -0.2) is 0 Å². The van der Waals surface area contributed by atoms with E-state index >= 15 is 0 Å². The summed E-state index contributed by atoms with van der Waals surface area (Å²) in [6.45, 7) is 0. The Hall–Kier alpha value is -0.0800. The molecule has 0 radical (unpaired) electrons. The molecule has 1 aromatic rings. The van der Waals surface area contributed by atoms with E-state index in [4.69, 9.17) is 11.6 Å². The van der Waals surface area contributed by atoms with Gasteiger partial charge in [-0.15, -0.1) is 0 Å². The third-order valence-corrected chi connectivity index (χ3v) is 1.77. The van der Waals surface area contributed by atoms with Crippen molar-refractivity contribution in [2.45, 2.75) is 0 Å². The first kappa shape index (κ1) is 5.06. The fraction of sp³-hybridized carbons (Fsp3) is 0.250. The lowest BCUT2D eigenvalue weighted by atomic mass is 10.9. The van der Waals surface area contributed by atoms with Crippen LogP contribution >= 0.6 is 22.9 Å². The topological polar surface area (TPSA) is 3.88 Å². The van der Waals surface area contributed by atoms with Gasteiger partial charge in [0, 0.05) is 0 Å². The van der Waals surface area contributed by atoms with Gasteiger partial charge in [-0.3, -0.25) is 0 Å². The van der Waals surface area contributed by atoms with Gasteiger partial charge in [0.25, 0.3) is 0 Å². The number of aromatic nitrogens is 1. The van der Waals surface area contributed by atoms with E-state index in [0.29, 0.717) is 0 Å². The van der Waals surface area contributed by atoms with Crippen molar-refractivity contribution in [1.82, 2.24) is 0 Å². The Morgan fingerprint density at radius 1 is 1.86 bits per heavy atom. The molecule has 1 rings (SSSR count). The summed E-state index contributed by atoms with van der Waals surface area (Å²) in [5.74, 6) is 0. The molecule has 0 N–H and O–H groups in total. The number of aryl methyl sites for hydroxylation is 1. The summed E-state index contributed by atoms with van der Waals surface area (Å²) >= 11 is 7.09. The second-order valence-electron chi connectivity index (χ2n) is 1.32. The highest BCUT2D eigenvalue weighted by Gasteiger charge is 1.94. The summed E-state index contributed by atoms with van der Waals surface area (Å²) in [7, 11) is 1.95. The number of hydrogen-bond donors (Lipinski definition) is 0. The van der Waals surface area contributed by atoms with E-state index in [2.05, 4.69) is 0 Å². The summed E-state index contributed by atoms with van der Waals surface area (Å²) < 4.78 is 2.76. The van der Waals surface area contributed by atoms with Crippen LogP contribution in [0.15, 0.2) is 11.7 Å². The predicted octanol–water partition coefficient (Wildman–Crippen LogP) is 1.23. The first-order chi connectivity index (χ1) is 3.29. The van der Waals surface area contributed by atoms with E-state index in [0.717, 1.165) is 4.34 Å². The molecule has 0 aliphatic heterocycles. The molecular weight excluding hydrogens is 130 g/mol. The SMILES string of the molecule is C[n+]1csc(Cl)c1. The van der Waals surface area contributed by atoms with Crippen molar-refractivity contribution >= 4 is 22.9 Å². The molecule has 7 heavy (non-hydrogen) atoms. The molecule has 0 spiro atoms. The largest absolute Gasteiger partial charge is 0.225 e. The molecule has 0 saturated heterocycles. The first-order valence-corrected chi connectivity index (χ1v) is 3.14. The number of thiazole rings is 1. The second-order valence-corrected chi connectivity index (χ2v) is 2.84. The minimum atomic E-state index is 0.836. The van der Waals surface area contributed by atoms with Gasteiger partial charge >= 0.3 is 0 Å². The molecule has 1 nitrogen and oxygen atoms in total. The molecule has 0 fully saturated rings. The summed E-state index contributed by atoms with van der Waals surface area (Å²) in [6, 6.07) is 0. The maximum absolute atomic E-state index is 5.56. The van der Waals surface area contributed by atoms with Crippen molar-refractivity contribution in [1.29, 1.82) is 0 Å². The Balaban J connectivity index is 3.04. The smallest absolute Gasteiger partial charge is 0.197 e. The minimum absolute atomic E-state index is 0.836. The monoisotopic (exact) mass is 134 g/mol. The van der Waals surface area contributed by atoms with Crippen molar-refractivity contribution in [3.8, 4) is 0 Å². The molecule has 0 aliphatic rings. The van der Waals surface area contributed by atoms with Crippen LogP contribution in [0.5, 0.6) is 0 Å². The zero-order valence-corrected chi connectivity index (χ0v) is 5.46. The molecule has 0 bridgehead atoms. The highest BCUT2D eigenvalue weighted by Crippen LogP contribution is 2.09. The standard InChI is InChI=1S/C4H5ClNS/c1-6-2-4(5)7-3-6/h2-3H,1H3/q+1. The Morgan fingerprint density at radius 3 is 2.71 bits per heavy atom. The van der Waals surface area contributed by atoms with Gasteiger partial charge in [0.1, 0.15) is 7.05 Å². The van der Waals surface area contributed by atoms with Gasteiger partial charge in [-0.2, -0.15) is 4.57 Å². The Kier molecular flexibility index (Phi) is 1.30. The van der Waals surface area contributed by atoms with E-state index in [-0.39, 0.29) is 0 Å². The van der Waals surface area contributed by atoms with E-state index in [1.807, 2.05) is 23.3 Å². The van der Waals surface area contributed by atoms with E-state index in [9.17, 15) is 0 Å². The molecule has 0 atom stereocenters. The third-order valence-electron chi connectivity index (χ3n) is 0.637. The van der Waals surface area contributed by atoms with Crippen LogP contribution in [0.4, 0.5) is 0 Å². The normalized spacial score (nSPS) is 9.43. The molecule has 1 aromatic heterocycles. The lowest BCUT2D eigenvalue weighted by Gasteiger charge is -1.64. The lowest BCUT2D eigenvalue weighted by Crippen LogP contribution is -2.22. The van der Waals surface area contributed by atoms with Crippen molar-refractivity contribution in [2.24, 2.45) is 7.05 Å². The van der Waals surface area contributed by atoms with Crippen molar-refractivity contribution in [3.05, 3.63) is 16.0 Å².